The van der Waals surface area contributed by atoms with Crippen LogP contribution in [0.25, 0.3) is 10.9 Å². The first-order valence-electron chi connectivity index (χ1n) is 10.3. The van der Waals surface area contributed by atoms with Gasteiger partial charge in [-0.1, -0.05) is 12.6 Å². The van der Waals surface area contributed by atoms with Crippen LogP contribution < -0.4 is 24.8 Å². The monoisotopic (exact) mass is 482 g/mol. The minimum Gasteiger partial charge on any atom is -0.493 e. The molecule has 0 unspecified atom stereocenters. The molecular weight excluding hydrogens is 461 g/mol. The molecule has 0 radical (unpaired) electrons. The van der Waals surface area contributed by atoms with E-state index in [1.54, 1.807) is 43.5 Å². The summed E-state index contributed by atoms with van der Waals surface area (Å²) >= 11 is 0. The number of benzene rings is 3. The number of anilines is 2. The Morgan fingerprint density at radius 3 is 2.23 bits per heavy atom. The van der Waals surface area contributed by atoms with Gasteiger partial charge in [0, 0.05) is 23.5 Å². The molecule has 0 aliphatic heterocycles. The molecule has 1 heterocycles. The van der Waals surface area contributed by atoms with Gasteiger partial charge in [0.2, 0.25) is 5.88 Å². The highest BCUT2D eigenvalue weighted by atomic mass is 19.4. The van der Waals surface area contributed by atoms with Gasteiger partial charge in [-0.3, -0.25) is 0 Å². The van der Waals surface area contributed by atoms with Crippen LogP contribution >= 0.6 is 0 Å². The molecule has 0 saturated carbocycles. The molecule has 0 amide bonds. The number of hydrogen-bond donors (Lipinski definition) is 2. The lowest BCUT2D eigenvalue weighted by Gasteiger charge is -2.14. The zero-order valence-corrected chi connectivity index (χ0v) is 18.8. The van der Waals surface area contributed by atoms with Crippen molar-refractivity contribution in [2.24, 2.45) is 0 Å². The van der Waals surface area contributed by atoms with Crippen LogP contribution in [-0.2, 0) is 6.18 Å². The highest BCUT2D eigenvalue weighted by Crippen LogP contribution is 2.36. The van der Waals surface area contributed by atoms with Gasteiger partial charge in [-0.25, -0.2) is 9.97 Å². The summed E-state index contributed by atoms with van der Waals surface area (Å²) < 4.78 is 54.9. The molecule has 0 bridgehead atoms. The first kappa shape index (κ1) is 23.7. The van der Waals surface area contributed by atoms with Gasteiger partial charge >= 0.3 is 6.18 Å². The van der Waals surface area contributed by atoms with Crippen molar-refractivity contribution in [1.29, 1.82) is 0 Å². The number of nitrogens with one attached hydrogen (secondary N) is 2. The summed E-state index contributed by atoms with van der Waals surface area (Å²) in [5.41, 5.74) is 1.00. The van der Waals surface area contributed by atoms with E-state index in [1.165, 1.54) is 25.6 Å². The fourth-order valence-electron chi connectivity index (χ4n) is 3.31. The topological polar surface area (TPSA) is 77.5 Å². The summed E-state index contributed by atoms with van der Waals surface area (Å²) in [6.07, 6.45) is -3.00. The van der Waals surface area contributed by atoms with Crippen molar-refractivity contribution in [1.82, 2.24) is 9.97 Å². The number of halogens is 3. The third-order valence-electron chi connectivity index (χ3n) is 4.96. The highest BCUT2D eigenvalue weighted by molar-refractivity contribution is 5.87. The SMILES string of the molecule is C=C(Nc1ccc(C(F)(F)F)cc1)Nc1cccc(Oc2ncnc3cc(OC)c(OC)cc23)c1. The van der Waals surface area contributed by atoms with Crippen LogP contribution in [0.1, 0.15) is 5.56 Å². The average molecular weight is 482 g/mol. The fraction of sp³-hybridized carbons (Fsp3) is 0.120. The number of alkyl halides is 3. The lowest BCUT2D eigenvalue weighted by atomic mass is 10.2. The van der Waals surface area contributed by atoms with E-state index in [9.17, 15) is 13.2 Å². The van der Waals surface area contributed by atoms with Crippen LogP contribution in [-0.4, -0.2) is 24.2 Å². The number of aromatic nitrogens is 2. The van der Waals surface area contributed by atoms with Crippen molar-refractivity contribution in [2.45, 2.75) is 6.18 Å². The second kappa shape index (κ2) is 9.80. The van der Waals surface area contributed by atoms with Crippen LogP contribution in [0.4, 0.5) is 24.5 Å². The van der Waals surface area contributed by atoms with E-state index >= 15 is 0 Å². The van der Waals surface area contributed by atoms with Gasteiger partial charge in [0.1, 0.15) is 17.9 Å². The maximum atomic E-state index is 12.7. The zero-order valence-electron chi connectivity index (χ0n) is 18.8. The third kappa shape index (κ3) is 5.55. The van der Waals surface area contributed by atoms with Crippen LogP contribution in [0.2, 0.25) is 0 Å². The zero-order chi connectivity index (χ0) is 25.0. The Balaban J connectivity index is 1.49. The third-order valence-corrected chi connectivity index (χ3v) is 4.96. The normalized spacial score (nSPS) is 11.1. The molecule has 0 aliphatic carbocycles. The molecule has 2 N–H and O–H groups in total. The molecule has 7 nitrogen and oxygen atoms in total. The van der Waals surface area contributed by atoms with Gasteiger partial charge in [0.05, 0.1) is 30.7 Å². The first-order chi connectivity index (χ1) is 16.8. The van der Waals surface area contributed by atoms with E-state index in [0.29, 0.717) is 51.2 Å². The van der Waals surface area contributed by atoms with E-state index in [0.717, 1.165) is 12.1 Å². The Bertz CT molecular complexity index is 1360. The molecule has 4 rings (SSSR count). The molecule has 3 aromatic carbocycles. The van der Waals surface area contributed by atoms with Gasteiger partial charge in [-0.15, -0.1) is 0 Å². The smallest absolute Gasteiger partial charge is 0.416 e. The molecule has 0 atom stereocenters. The van der Waals surface area contributed by atoms with E-state index in [2.05, 4.69) is 27.2 Å². The molecule has 0 fully saturated rings. The van der Waals surface area contributed by atoms with Crippen molar-refractivity contribution in [3.05, 3.63) is 85.0 Å². The minimum absolute atomic E-state index is 0.329. The average Bonchev–Trinajstić information content (AvgIpc) is 2.83. The van der Waals surface area contributed by atoms with Gasteiger partial charge in [-0.2, -0.15) is 13.2 Å². The van der Waals surface area contributed by atoms with E-state index in [1.807, 2.05) is 0 Å². The number of ether oxygens (including phenoxy) is 3. The fourth-order valence-corrected chi connectivity index (χ4v) is 3.31. The van der Waals surface area contributed by atoms with Crippen molar-refractivity contribution in [3.63, 3.8) is 0 Å². The summed E-state index contributed by atoms with van der Waals surface area (Å²) in [7, 11) is 3.08. The molecule has 10 heteroatoms. The predicted octanol–water partition coefficient (Wildman–Crippen LogP) is 6.45. The predicted molar refractivity (Wildman–Crippen MR) is 127 cm³/mol. The number of methoxy groups -OCH3 is 2. The number of nitrogens with zero attached hydrogens (tertiary/aromatic N) is 2. The second-order valence-corrected chi connectivity index (χ2v) is 7.34. The molecule has 180 valence electrons. The van der Waals surface area contributed by atoms with Crippen LogP contribution in [0.15, 0.2) is 79.4 Å². The van der Waals surface area contributed by atoms with Crippen molar-refractivity contribution < 1.29 is 27.4 Å². The van der Waals surface area contributed by atoms with Gasteiger partial charge in [0.15, 0.2) is 11.5 Å². The minimum atomic E-state index is -4.39. The van der Waals surface area contributed by atoms with Crippen LogP contribution in [0, 0.1) is 0 Å². The first-order valence-corrected chi connectivity index (χ1v) is 10.3. The number of rotatable bonds is 8. The Hall–Kier alpha value is -4.47. The maximum Gasteiger partial charge on any atom is 0.416 e. The molecule has 0 aliphatic rings. The van der Waals surface area contributed by atoms with E-state index in [4.69, 9.17) is 14.2 Å². The largest absolute Gasteiger partial charge is 0.493 e. The molecule has 35 heavy (non-hydrogen) atoms. The molecular formula is C25H21F3N4O3. The van der Waals surface area contributed by atoms with Crippen LogP contribution in [0.5, 0.6) is 23.1 Å². The Labute approximate surface area is 199 Å². The quantitative estimate of drug-likeness (QED) is 0.299. The summed E-state index contributed by atoms with van der Waals surface area (Å²) in [5.74, 6) is 2.24. The van der Waals surface area contributed by atoms with Gasteiger partial charge in [-0.05, 0) is 42.5 Å². The number of hydrogen-bond acceptors (Lipinski definition) is 7. The second-order valence-electron chi connectivity index (χ2n) is 7.34. The van der Waals surface area contributed by atoms with Crippen molar-refractivity contribution >= 4 is 22.3 Å². The Morgan fingerprint density at radius 1 is 0.857 bits per heavy atom. The maximum absolute atomic E-state index is 12.7. The molecule has 1 aromatic heterocycles. The highest BCUT2D eigenvalue weighted by Gasteiger charge is 2.29. The van der Waals surface area contributed by atoms with Gasteiger partial charge < -0.3 is 24.8 Å². The summed E-state index contributed by atoms with van der Waals surface area (Å²) in [6.45, 7) is 3.87. The summed E-state index contributed by atoms with van der Waals surface area (Å²) in [4.78, 5) is 8.51. The summed E-state index contributed by atoms with van der Waals surface area (Å²) in [6, 6.07) is 15.2. The van der Waals surface area contributed by atoms with E-state index < -0.39 is 11.7 Å². The van der Waals surface area contributed by atoms with Crippen molar-refractivity contribution in [3.8, 4) is 23.1 Å². The summed E-state index contributed by atoms with van der Waals surface area (Å²) in [5, 5.41) is 6.62. The molecule has 0 spiro atoms. The Kier molecular flexibility index (Phi) is 6.63. The van der Waals surface area contributed by atoms with Gasteiger partial charge in [0.25, 0.3) is 0 Å². The molecule has 0 saturated heterocycles. The van der Waals surface area contributed by atoms with Crippen LogP contribution in [0.3, 0.4) is 0 Å². The lowest BCUT2D eigenvalue weighted by Crippen LogP contribution is -2.09. The number of fused-ring (bicyclic) bond motifs is 1. The van der Waals surface area contributed by atoms with Crippen molar-refractivity contribution in [2.75, 3.05) is 24.9 Å². The Morgan fingerprint density at radius 2 is 1.54 bits per heavy atom. The molecule has 4 aromatic rings. The lowest BCUT2D eigenvalue weighted by molar-refractivity contribution is -0.137. The van der Waals surface area contributed by atoms with E-state index in [-0.39, 0.29) is 0 Å². The standard InChI is InChI=1S/C25H21F3N4O3/c1-15(31-17-9-7-16(8-10-17)25(26,27)28)32-18-5-4-6-19(11-18)35-24-20-12-22(33-2)23(34-3)13-21(20)29-14-30-24/h4-14,31-32H,1H2,2-3H3.